The number of para-hydroxylation sites is 1. The molecule has 0 saturated heterocycles. The third kappa shape index (κ3) is 3.00. The first-order chi connectivity index (χ1) is 14.3. The molecule has 2 aliphatic heterocycles. The lowest BCUT2D eigenvalue weighted by atomic mass is 9.86. The minimum Gasteiger partial charge on any atom is -0.494 e. The van der Waals surface area contributed by atoms with Gasteiger partial charge in [0.05, 0.1) is 29.1 Å². The lowest BCUT2D eigenvalue weighted by Crippen LogP contribution is -2.54. The quantitative estimate of drug-likeness (QED) is 0.726. The van der Waals surface area contributed by atoms with Gasteiger partial charge in [0, 0.05) is 6.07 Å². The molecule has 2 heterocycles. The summed E-state index contributed by atoms with van der Waals surface area (Å²) in [5.41, 5.74) is 2.88. The van der Waals surface area contributed by atoms with Crippen molar-refractivity contribution in [3.8, 4) is 5.75 Å². The third-order valence-corrected chi connectivity index (χ3v) is 5.87. The summed E-state index contributed by atoms with van der Waals surface area (Å²) in [7, 11) is 0. The molecule has 30 heavy (non-hydrogen) atoms. The third-order valence-electron chi connectivity index (χ3n) is 5.87. The van der Waals surface area contributed by atoms with Gasteiger partial charge in [-0.25, -0.2) is 0 Å². The Hall–Kier alpha value is -3.41. The molecule has 2 aromatic carbocycles. The summed E-state index contributed by atoms with van der Waals surface area (Å²) in [6.45, 7) is 8.14. The normalized spacial score (nSPS) is 16.9. The zero-order chi connectivity index (χ0) is 21.6. The highest BCUT2D eigenvalue weighted by Crippen LogP contribution is 2.41. The van der Waals surface area contributed by atoms with Crippen LogP contribution in [0.4, 0.5) is 11.4 Å². The van der Waals surface area contributed by atoms with Crippen LogP contribution < -0.4 is 14.5 Å². The van der Waals surface area contributed by atoms with Crippen LogP contribution in [-0.2, 0) is 9.59 Å². The van der Waals surface area contributed by atoms with Crippen LogP contribution in [0.3, 0.4) is 0 Å². The average Bonchev–Trinajstić information content (AvgIpc) is 2.94. The van der Waals surface area contributed by atoms with Crippen molar-refractivity contribution >= 4 is 35.0 Å². The molecule has 0 spiro atoms. The lowest BCUT2D eigenvalue weighted by Gasteiger charge is -2.44. The van der Waals surface area contributed by atoms with Gasteiger partial charge in [0.25, 0.3) is 11.7 Å². The Balaban J connectivity index is 1.73. The van der Waals surface area contributed by atoms with E-state index in [1.807, 2.05) is 45.9 Å². The Morgan fingerprint density at radius 2 is 1.80 bits per heavy atom. The van der Waals surface area contributed by atoms with Gasteiger partial charge in [0.2, 0.25) is 5.91 Å². The number of benzene rings is 2. The monoisotopic (exact) mass is 404 g/mol. The van der Waals surface area contributed by atoms with E-state index in [9.17, 15) is 14.4 Å². The summed E-state index contributed by atoms with van der Waals surface area (Å²) in [5, 5.41) is 0. The molecule has 2 aromatic rings. The molecule has 4 rings (SSSR count). The van der Waals surface area contributed by atoms with Gasteiger partial charge in [-0.15, -0.1) is 0 Å². The van der Waals surface area contributed by atoms with E-state index in [0.29, 0.717) is 23.6 Å². The maximum Gasteiger partial charge on any atom is 0.299 e. The number of hydrogen-bond acceptors (Lipinski definition) is 4. The molecule has 0 radical (unpaired) electrons. The second kappa shape index (κ2) is 7.13. The molecule has 2 amide bonds. The molecule has 0 N–H and O–H groups in total. The molecule has 0 aliphatic carbocycles. The first-order valence-electron chi connectivity index (χ1n) is 9.99. The summed E-state index contributed by atoms with van der Waals surface area (Å²) in [6, 6.07) is 12.4. The molecule has 0 fully saturated rings. The van der Waals surface area contributed by atoms with E-state index in [2.05, 4.69) is 6.08 Å². The average molecular weight is 404 g/mol. The summed E-state index contributed by atoms with van der Waals surface area (Å²) < 4.78 is 5.64. The number of rotatable bonds is 4. The number of carbonyl (C=O) groups is 3. The van der Waals surface area contributed by atoms with Gasteiger partial charge in [-0.2, -0.15) is 0 Å². The molecule has 154 valence electrons. The van der Waals surface area contributed by atoms with Crippen LogP contribution >= 0.6 is 0 Å². The molecular weight excluding hydrogens is 380 g/mol. The van der Waals surface area contributed by atoms with Crippen LogP contribution in [0, 0.1) is 0 Å². The maximum absolute atomic E-state index is 13.6. The molecule has 2 aliphatic rings. The van der Waals surface area contributed by atoms with Gasteiger partial charge in [-0.3, -0.25) is 19.3 Å². The summed E-state index contributed by atoms with van der Waals surface area (Å²) in [5.74, 6) is -0.836. The summed E-state index contributed by atoms with van der Waals surface area (Å²) in [4.78, 5) is 41.4. The van der Waals surface area contributed by atoms with Crippen molar-refractivity contribution in [3.63, 3.8) is 0 Å². The van der Waals surface area contributed by atoms with Crippen molar-refractivity contribution < 1.29 is 19.1 Å². The highest BCUT2D eigenvalue weighted by atomic mass is 16.5. The van der Waals surface area contributed by atoms with E-state index in [4.69, 9.17) is 4.74 Å². The summed E-state index contributed by atoms with van der Waals surface area (Å²) >= 11 is 0. The second-order valence-corrected chi connectivity index (χ2v) is 8.01. The highest BCUT2D eigenvalue weighted by Gasteiger charge is 2.42. The fraction of sp³-hybridized carbons (Fsp3) is 0.292. The summed E-state index contributed by atoms with van der Waals surface area (Å²) in [6.07, 6.45) is 2.06. The number of anilines is 2. The van der Waals surface area contributed by atoms with Crippen LogP contribution in [0.25, 0.3) is 6.08 Å². The van der Waals surface area contributed by atoms with Crippen LogP contribution in [0.1, 0.15) is 43.6 Å². The topological polar surface area (TPSA) is 66.9 Å². The predicted molar refractivity (Wildman–Crippen MR) is 116 cm³/mol. The van der Waals surface area contributed by atoms with E-state index in [1.54, 1.807) is 29.2 Å². The van der Waals surface area contributed by atoms with Crippen LogP contribution in [-0.4, -0.2) is 36.3 Å². The van der Waals surface area contributed by atoms with Crippen molar-refractivity contribution in [1.29, 1.82) is 0 Å². The van der Waals surface area contributed by atoms with E-state index in [1.165, 1.54) is 4.90 Å². The molecule has 0 saturated carbocycles. The van der Waals surface area contributed by atoms with Crippen LogP contribution in [0.15, 0.2) is 48.0 Å². The van der Waals surface area contributed by atoms with Gasteiger partial charge in [-0.05, 0) is 63.1 Å². The fourth-order valence-corrected chi connectivity index (χ4v) is 4.04. The van der Waals surface area contributed by atoms with Crippen LogP contribution in [0.2, 0.25) is 0 Å². The molecular formula is C24H24N2O4. The van der Waals surface area contributed by atoms with Crippen molar-refractivity contribution in [1.82, 2.24) is 0 Å². The number of fused-ring (bicyclic) bond motifs is 2. The number of nitrogens with zero attached hydrogens (tertiary/aromatic N) is 2. The van der Waals surface area contributed by atoms with Gasteiger partial charge in [0.1, 0.15) is 12.3 Å². The lowest BCUT2D eigenvalue weighted by molar-refractivity contribution is -0.121. The Morgan fingerprint density at radius 3 is 2.53 bits per heavy atom. The first-order valence-corrected chi connectivity index (χ1v) is 9.99. The smallest absolute Gasteiger partial charge is 0.299 e. The first kappa shape index (κ1) is 19.9. The molecule has 0 aromatic heterocycles. The number of amides is 2. The van der Waals surface area contributed by atoms with Gasteiger partial charge >= 0.3 is 0 Å². The van der Waals surface area contributed by atoms with Gasteiger partial charge in [-0.1, -0.05) is 18.2 Å². The van der Waals surface area contributed by atoms with E-state index in [0.717, 1.165) is 16.8 Å². The van der Waals surface area contributed by atoms with Crippen molar-refractivity contribution in [2.45, 2.75) is 33.2 Å². The molecule has 0 unspecified atom stereocenters. The number of ether oxygens (including phenoxy) is 1. The SMILES string of the molecule is CCOc1ccc2c(c1)N(C(=O)CN1C(=O)C(=O)c3ccccc31)C(C)(C)C(C)=C2. The Kier molecular flexibility index (Phi) is 4.73. The fourth-order valence-electron chi connectivity index (χ4n) is 4.04. The Bertz CT molecular complexity index is 1100. The molecule has 6 nitrogen and oxygen atoms in total. The predicted octanol–water partition coefficient (Wildman–Crippen LogP) is 3.84. The van der Waals surface area contributed by atoms with E-state index >= 15 is 0 Å². The Morgan fingerprint density at radius 1 is 1.07 bits per heavy atom. The van der Waals surface area contributed by atoms with E-state index in [-0.39, 0.29) is 12.5 Å². The number of hydrogen-bond donors (Lipinski definition) is 0. The van der Waals surface area contributed by atoms with Gasteiger partial charge < -0.3 is 9.64 Å². The number of Topliss-reactive ketones (excluding diaryl/α,β-unsaturated/α-hetero) is 1. The minimum absolute atomic E-state index is 0.212. The maximum atomic E-state index is 13.6. The van der Waals surface area contributed by atoms with Crippen molar-refractivity contribution in [2.24, 2.45) is 0 Å². The molecule has 0 bridgehead atoms. The number of ketones is 1. The zero-order valence-electron chi connectivity index (χ0n) is 17.6. The molecule has 0 atom stereocenters. The second-order valence-electron chi connectivity index (χ2n) is 8.01. The standard InChI is InChI=1S/C24H24N2O4/c1-5-30-17-11-10-16-12-15(2)24(3,4)26(20(16)13-17)21(27)14-25-19-9-7-6-8-18(19)22(28)23(25)29/h6-13H,5,14H2,1-4H3. The zero-order valence-corrected chi connectivity index (χ0v) is 17.6. The van der Waals surface area contributed by atoms with E-state index < -0.39 is 17.2 Å². The number of carbonyl (C=O) groups excluding carboxylic acids is 3. The van der Waals surface area contributed by atoms with Gasteiger partial charge in [0.15, 0.2) is 0 Å². The molecule has 6 heteroatoms. The highest BCUT2D eigenvalue weighted by molar-refractivity contribution is 6.52. The van der Waals surface area contributed by atoms with Crippen molar-refractivity contribution in [3.05, 3.63) is 59.2 Å². The largest absolute Gasteiger partial charge is 0.494 e. The minimum atomic E-state index is -0.671. The Labute approximate surface area is 175 Å². The van der Waals surface area contributed by atoms with Crippen molar-refractivity contribution in [2.75, 3.05) is 23.0 Å². The van der Waals surface area contributed by atoms with Crippen LogP contribution in [0.5, 0.6) is 5.75 Å².